The van der Waals surface area contributed by atoms with E-state index in [2.05, 4.69) is 10.3 Å². The molecule has 1 aliphatic heterocycles. The van der Waals surface area contributed by atoms with Gasteiger partial charge in [-0.05, 0) is 18.9 Å². The molecule has 1 aromatic heterocycles. The predicted octanol–water partition coefficient (Wildman–Crippen LogP) is 1.92. The van der Waals surface area contributed by atoms with Crippen molar-refractivity contribution in [1.29, 1.82) is 0 Å². The molecular formula is C15H20N2O3. The third-order valence-electron chi connectivity index (χ3n) is 3.86. The molecule has 2 aliphatic rings. The molecule has 0 radical (unpaired) electrons. The van der Waals surface area contributed by atoms with Crippen molar-refractivity contribution in [3.8, 4) is 5.88 Å². The summed E-state index contributed by atoms with van der Waals surface area (Å²) in [4.78, 5) is 16.3. The number of ether oxygens (including phenoxy) is 2. The molecule has 0 spiro atoms. The predicted molar refractivity (Wildman–Crippen MR) is 73.8 cm³/mol. The topological polar surface area (TPSA) is 60.5 Å². The Morgan fingerprint density at radius 1 is 1.35 bits per heavy atom. The highest BCUT2D eigenvalue weighted by molar-refractivity contribution is 5.94. The van der Waals surface area contributed by atoms with E-state index in [9.17, 15) is 4.79 Å². The maximum atomic E-state index is 12.2. The molecule has 5 heteroatoms. The first kappa shape index (κ1) is 13.4. The van der Waals surface area contributed by atoms with Gasteiger partial charge in [0.25, 0.3) is 5.91 Å². The summed E-state index contributed by atoms with van der Waals surface area (Å²) in [5.74, 6) is 0.464. The van der Waals surface area contributed by atoms with E-state index in [1.165, 1.54) is 12.8 Å². The van der Waals surface area contributed by atoms with Crippen LogP contribution in [0, 0.1) is 0 Å². The number of aromatic nitrogens is 1. The number of hydrogen-bond acceptors (Lipinski definition) is 4. The number of amides is 1. The molecule has 0 aromatic carbocycles. The first-order valence-electron chi connectivity index (χ1n) is 7.32. The number of carbonyl (C=O) groups is 1. The van der Waals surface area contributed by atoms with E-state index in [0.717, 1.165) is 25.9 Å². The fraction of sp³-hybridized carbons (Fsp3) is 0.600. The second kappa shape index (κ2) is 6.22. The summed E-state index contributed by atoms with van der Waals surface area (Å²) in [6.07, 6.45) is 7.12. The van der Waals surface area contributed by atoms with Gasteiger partial charge in [0.05, 0.1) is 13.2 Å². The minimum Gasteiger partial charge on any atom is -0.472 e. The van der Waals surface area contributed by atoms with Crippen LogP contribution >= 0.6 is 0 Å². The molecule has 2 heterocycles. The van der Waals surface area contributed by atoms with Crippen molar-refractivity contribution in [2.45, 2.75) is 44.2 Å². The zero-order valence-electron chi connectivity index (χ0n) is 11.5. The normalized spacial score (nSPS) is 22.9. The highest BCUT2D eigenvalue weighted by atomic mass is 16.5. The lowest BCUT2D eigenvalue weighted by Crippen LogP contribution is -2.32. The van der Waals surface area contributed by atoms with Gasteiger partial charge in [-0.15, -0.1) is 0 Å². The molecule has 108 valence electrons. The number of nitrogens with zero attached hydrogens (tertiary/aromatic N) is 1. The van der Waals surface area contributed by atoms with Crippen LogP contribution in [0.15, 0.2) is 18.3 Å². The van der Waals surface area contributed by atoms with Gasteiger partial charge in [-0.3, -0.25) is 4.79 Å². The molecule has 0 bridgehead atoms. The number of nitrogens with one attached hydrogen (secondary N) is 1. The van der Waals surface area contributed by atoms with Gasteiger partial charge in [0.15, 0.2) is 0 Å². The molecule has 1 saturated heterocycles. The lowest BCUT2D eigenvalue weighted by Gasteiger charge is -2.13. The van der Waals surface area contributed by atoms with Crippen molar-refractivity contribution in [3.05, 3.63) is 23.9 Å². The second-order valence-corrected chi connectivity index (χ2v) is 5.44. The molecule has 1 amide bonds. The lowest BCUT2D eigenvalue weighted by molar-refractivity contribution is 0.0936. The second-order valence-electron chi connectivity index (χ2n) is 5.44. The van der Waals surface area contributed by atoms with Gasteiger partial charge in [-0.25, -0.2) is 4.98 Å². The van der Waals surface area contributed by atoms with Crippen LogP contribution in [0.1, 0.15) is 42.5 Å². The van der Waals surface area contributed by atoms with Gasteiger partial charge >= 0.3 is 0 Å². The molecule has 20 heavy (non-hydrogen) atoms. The molecule has 1 saturated carbocycles. The summed E-state index contributed by atoms with van der Waals surface area (Å²) >= 11 is 0. The first-order chi connectivity index (χ1) is 9.81. The Bertz CT molecular complexity index is 466. The highest BCUT2D eigenvalue weighted by Gasteiger charge is 2.20. The van der Waals surface area contributed by atoms with Gasteiger partial charge in [0.1, 0.15) is 6.10 Å². The molecule has 1 atom stereocenters. The summed E-state index contributed by atoms with van der Waals surface area (Å²) in [5.41, 5.74) is 0.612. The van der Waals surface area contributed by atoms with Gasteiger partial charge in [-0.1, -0.05) is 12.8 Å². The molecular weight excluding hydrogens is 256 g/mol. The summed E-state index contributed by atoms with van der Waals surface area (Å²) in [6, 6.07) is 3.76. The molecule has 2 fully saturated rings. The zero-order valence-corrected chi connectivity index (χ0v) is 11.5. The van der Waals surface area contributed by atoms with E-state index in [4.69, 9.17) is 9.47 Å². The van der Waals surface area contributed by atoms with E-state index in [-0.39, 0.29) is 12.0 Å². The Morgan fingerprint density at radius 3 is 2.95 bits per heavy atom. The molecule has 3 rings (SSSR count). The van der Waals surface area contributed by atoms with Crippen LogP contribution in [0.3, 0.4) is 0 Å². The Labute approximate surface area is 118 Å². The minimum atomic E-state index is -0.0354. The SMILES string of the molecule is O=C(NC1CCCC1)c1ccnc(OC2CCOC2)c1. The quantitative estimate of drug-likeness (QED) is 0.912. The molecule has 5 nitrogen and oxygen atoms in total. The lowest BCUT2D eigenvalue weighted by atomic mass is 10.2. The van der Waals surface area contributed by atoms with Crippen molar-refractivity contribution >= 4 is 5.91 Å². The summed E-state index contributed by atoms with van der Waals surface area (Å²) in [6.45, 7) is 1.33. The Kier molecular flexibility index (Phi) is 4.16. The van der Waals surface area contributed by atoms with E-state index in [1.54, 1.807) is 18.3 Å². The Morgan fingerprint density at radius 2 is 2.20 bits per heavy atom. The average Bonchev–Trinajstić information content (AvgIpc) is 3.12. The molecule has 1 aliphatic carbocycles. The monoisotopic (exact) mass is 276 g/mol. The van der Waals surface area contributed by atoms with Gasteiger partial charge in [0.2, 0.25) is 5.88 Å². The van der Waals surface area contributed by atoms with Crippen LogP contribution < -0.4 is 10.1 Å². The van der Waals surface area contributed by atoms with Crippen LogP contribution in [0.25, 0.3) is 0 Å². The maximum absolute atomic E-state index is 12.2. The molecule has 1 N–H and O–H groups in total. The van der Waals surface area contributed by atoms with Crippen LogP contribution in [0.4, 0.5) is 0 Å². The molecule has 1 unspecified atom stereocenters. The third-order valence-corrected chi connectivity index (χ3v) is 3.86. The highest BCUT2D eigenvalue weighted by Crippen LogP contribution is 2.19. The zero-order chi connectivity index (χ0) is 13.8. The number of pyridine rings is 1. The Balaban J connectivity index is 1.61. The average molecular weight is 276 g/mol. The Hall–Kier alpha value is -1.62. The van der Waals surface area contributed by atoms with Crippen molar-refractivity contribution in [3.63, 3.8) is 0 Å². The van der Waals surface area contributed by atoms with Crippen molar-refractivity contribution in [1.82, 2.24) is 10.3 Å². The smallest absolute Gasteiger partial charge is 0.251 e. The van der Waals surface area contributed by atoms with Crippen molar-refractivity contribution in [2.24, 2.45) is 0 Å². The van der Waals surface area contributed by atoms with E-state index in [0.29, 0.717) is 24.1 Å². The van der Waals surface area contributed by atoms with Crippen molar-refractivity contribution in [2.75, 3.05) is 13.2 Å². The van der Waals surface area contributed by atoms with Gasteiger partial charge in [-0.2, -0.15) is 0 Å². The van der Waals surface area contributed by atoms with Crippen molar-refractivity contribution < 1.29 is 14.3 Å². The van der Waals surface area contributed by atoms with E-state index < -0.39 is 0 Å². The van der Waals surface area contributed by atoms with Crippen LogP contribution in [0.2, 0.25) is 0 Å². The fourth-order valence-corrected chi connectivity index (χ4v) is 2.73. The van der Waals surface area contributed by atoms with Crippen LogP contribution in [-0.4, -0.2) is 36.3 Å². The number of rotatable bonds is 4. The largest absolute Gasteiger partial charge is 0.472 e. The van der Waals surface area contributed by atoms with E-state index in [1.807, 2.05) is 0 Å². The van der Waals surface area contributed by atoms with E-state index >= 15 is 0 Å². The summed E-state index contributed by atoms with van der Waals surface area (Å²) < 4.78 is 11.0. The third kappa shape index (κ3) is 3.28. The number of hydrogen-bond donors (Lipinski definition) is 1. The minimum absolute atomic E-state index is 0.0354. The van der Waals surface area contributed by atoms with Gasteiger partial charge < -0.3 is 14.8 Å². The first-order valence-corrected chi connectivity index (χ1v) is 7.32. The standard InChI is InChI=1S/C15H20N2O3/c18-15(17-12-3-1-2-4-12)11-5-7-16-14(9-11)20-13-6-8-19-10-13/h5,7,9,12-13H,1-4,6,8,10H2,(H,17,18). The maximum Gasteiger partial charge on any atom is 0.251 e. The van der Waals surface area contributed by atoms with Crippen LogP contribution in [0.5, 0.6) is 5.88 Å². The van der Waals surface area contributed by atoms with Gasteiger partial charge in [0, 0.05) is 30.3 Å². The fourth-order valence-electron chi connectivity index (χ4n) is 2.73. The number of carbonyl (C=O) groups excluding carboxylic acids is 1. The summed E-state index contributed by atoms with van der Waals surface area (Å²) in [5, 5.41) is 3.07. The summed E-state index contributed by atoms with van der Waals surface area (Å²) in [7, 11) is 0. The molecule has 1 aromatic rings. The van der Waals surface area contributed by atoms with Crippen LogP contribution in [-0.2, 0) is 4.74 Å².